The van der Waals surface area contributed by atoms with Crippen molar-refractivity contribution in [3.05, 3.63) is 11.1 Å². The maximum atomic E-state index is 4.54. The normalized spacial score (nSPS) is 18.5. The molecule has 0 radical (unpaired) electrons. The van der Waals surface area contributed by atoms with Crippen molar-refractivity contribution in [3.63, 3.8) is 0 Å². The van der Waals surface area contributed by atoms with Gasteiger partial charge in [0, 0.05) is 11.9 Å². The molecule has 3 nitrogen and oxygen atoms in total. The predicted octanol–water partition coefficient (Wildman–Crippen LogP) is 2.85. The van der Waals surface area contributed by atoms with Gasteiger partial charge < -0.3 is 10.2 Å². The highest BCUT2D eigenvalue weighted by Gasteiger charge is 2.17. The number of hydrogen-bond donors (Lipinski definition) is 1. The molecule has 0 saturated carbocycles. The van der Waals surface area contributed by atoms with Gasteiger partial charge in [0.15, 0.2) is 5.13 Å². The lowest BCUT2D eigenvalue weighted by molar-refractivity contribution is 0.198. The SMILES string of the molecule is CCc1csc(NCC2CCN(CC)CC2)n1. The second kappa shape index (κ2) is 6.36. The van der Waals surface area contributed by atoms with E-state index in [-0.39, 0.29) is 0 Å². The standard InChI is InChI=1S/C13H23N3S/c1-3-12-10-17-13(15-12)14-9-11-5-7-16(4-2)8-6-11/h10-11H,3-9H2,1-2H3,(H,14,15). The molecule has 4 heteroatoms. The molecule has 1 fully saturated rings. The number of anilines is 1. The van der Waals surface area contributed by atoms with Gasteiger partial charge in [-0.1, -0.05) is 13.8 Å². The van der Waals surface area contributed by atoms with E-state index in [0.717, 1.165) is 24.0 Å². The summed E-state index contributed by atoms with van der Waals surface area (Å²) in [7, 11) is 0. The van der Waals surface area contributed by atoms with Gasteiger partial charge in [-0.05, 0) is 44.8 Å². The van der Waals surface area contributed by atoms with E-state index in [4.69, 9.17) is 0 Å². The zero-order chi connectivity index (χ0) is 12.1. The first-order chi connectivity index (χ1) is 8.31. The molecule has 1 aliphatic heterocycles. The van der Waals surface area contributed by atoms with Crippen LogP contribution in [-0.2, 0) is 6.42 Å². The minimum absolute atomic E-state index is 0.826. The number of nitrogens with zero attached hydrogens (tertiary/aromatic N) is 2. The summed E-state index contributed by atoms with van der Waals surface area (Å²) >= 11 is 1.74. The molecule has 0 spiro atoms. The van der Waals surface area contributed by atoms with Crippen LogP contribution < -0.4 is 5.32 Å². The zero-order valence-corrected chi connectivity index (χ0v) is 11.7. The third-order valence-electron chi connectivity index (χ3n) is 3.61. The van der Waals surface area contributed by atoms with Gasteiger partial charge in [-0.25, -0.2) is 4.98 Å². The van der Waals surface area contributed by atoms with E-state index < -0.39 is 0 Å². The van der Waals surface area contributed by atoms with E-state index >= 15 is 0 Å². The molecule has 0 aromatic carbocycles. The van der Waals surface area contributed by atoms with Crippen LogP contribution in [0.3, 0.4) is 0 Å². The summed E-state index contributed by atoms with van der Waals surface area (Å²) in [4.78, 5) is 7.08. The lowest BCUT2D eigenvalue weighted by Crippen LogP contribution is -2.35. The van der Waals surface area contributed by atoms with Gasteiger partial charge in [0.05, 0.1) is 5.69 Å². The molecule has 1 aliphatic rings. The average molecular weight is 253 g/mol. The van der Waals surface area contributed by atoms with Gasteiger partial charge in [-0.15, -0.1) is 11.3 Å². The Morgan fingerprint density at radius 3 is 2.76 bits per heavy atom. The Kier molecular flexibility index (Phi) is 4.80. The summed E-state index contributed by atoms with van der Waals surface area (Å²) in [5.74, 6) is 0.826. The summed E-state index contributed by atoms with van der Waals surface area (Å²) in [6.07, 6.45) is 3.69. The van der Waals surface area contributed by atoms with Crippen LogP contribution in [-0.4, -0.2) is 36.1 Å². The van der Waals surface area contributed by atoms with E-state index in [2.05, 4.69) is 34.4 Å². The molecule has 2 rings (SSSR count). The second-order valence-corrected chi connectivity index (χ2v) is 5.61. The molecule has 1 aromatic heterocycles. The van der Waals surface area contributed by atoms with Crippen LogP contribution in [0, 0.1) is 5.92 Å². The summed E-state index contributed by atoms with van der Waals surface area (Å²) < 4.78 is 0. The van der Waals surface area contributed by atoms with Gasteiger partial charge in [-0.2, -0.15) is 0 Å². The Morgan fingerprint density at radius 2 is 2.18 bits per heavy atom. The number of rotatable bonds is 5. The molecule has 2 heterocycles. The first-order valence-corrected chi connectivity index (χ1v) is 7.60. The summed E-state index contributed by atoms with van der Waals surface area (Å²) in [6.45, 7) is 9.22. The quantitative estimate of drug-likeness (QED) is 0.874. The molecule has 0 amide bonds. The number of hydrogen-bond acceptors (Lipinski definition) is 4. The van der Waals surface area contributed by atoms with E-state index in [9.17, 15) is 0 Å². The highest BCUT2D eigenvalue weighted by molar-refractivity contribution is 7.13. The Balaban J connectivity index is 1.72. The molecular formula is C13H23N3S. The van der Waals surface area contributed by atoms with E-state index in [1.807, 2.05) is 0 Å². The smallest absolute Gasteiger partial charge is 0.182 e. The molecule has 0 aliphatic carbocycles. The number of piperidine rings is 1. The Labute approximate surface area is 108 Å². The summed E-state index contributed by atoms with van der Waals surface area (Å²) in [5.41, 5.74) is 1.21. The van der Waals surface area contributed by atoms with Crippen molar-refractivity contribution in [1.29, 1.82) is 0 Å². The van der Waals surface area contributed by atoms with Crippen molar-refractivity contribution in [2.45, 2.75) is 33.1 Å². The van der Waals surface area contributed by atoms with Crippen molar-refractivity contribution in [1.82, 2.24) is 9.88 Å². The Bertz CT molecular complexity index is 329. The summed E-state index contributed by atoms with van der Waals surface area (Å²) in [5, 5.41) is 6.74. The highest BCUT2D eigenvalue weighted by atomic mass is 32.1. The first kappa shape index (κ1) is 12.8. The minimum atomic E-state index is 0.826. The van der Waals surface area contributed by atoms with Crippen molar-refractivity contribution in [2.75, 3.05) is 31.5 Å². The molecule has 0 atom stereocenters. The van der Waals surface area contributed by atoms with E-state index in [0.29, 0.717) is 0 Å². The Morgan fingerprint density at radius 1 is 1.41 bits per heavy atom. The lowest BCUT2D eigenvalue weighted by atomic mass is 9.97. The first-order valence-electron chi connectivity index (χ1n) is 6.72. The highest BCUT2D eigenvalue weighted by Crippen LogP contribution is 2.20. The van der Waals surface area contributed by atoms with Crippen LogP contribution >= 0.6 is 11.3 Å². The maximum absolute atomic E-state index is 4.54. The van der Waals surface area contributed by atoms with Crippen LogP contribution in [0.1, 0.15) is 32.4 Å². The molecular weight excluding hydrogens is 230 g/mol. The number of nitrogens with one attached hydrogen (secondary N) is 1. The van der Waals surface area contributed by atoms with Gasteiger partial charge in [0.1, 0.15) is 0 Å². The average Bonchev–Trinajstić information content (AvgIpc) is 2.85. The van der Waals surface area contributed by atoms with Crippen molar-refractivity contribution >= 4 is 16.5 Å². The molecule has 96 valence electrons. The summed E-state index contributed by atoms with van der Waals surface area (Å²) in [6, 6.07) is 0. The van der Waals surface area contributed by atoms with E-state index in [1.165, 1.54) is 38.2 Å². The molecule has 17 heavy (non-hydrogen) atoms. The third kappa shape index (κ3) is 3.68. The number of thiazole rings is 1. The van der Waals surface area contributed by atoms with E-state index in [1.54, 1.807) is 11.3 Å². The molecule has 1 aromatic rings. The van der Waals surface area contributed by atoms with Crippen LogP contribution in [0.2, 0.25) is 0 Å². The molecule has 0 bridgehead atoms. The monoisotopic (exact) mass is 253 g/mol. The van der Waals surface area contributed by atoms with Crippen molar-refractivity contribution in [3.8, 4) is 0 Å². The number of aromatic nitrogens is 1. The van der Waals surface area contributed by atoms with Gasteiger partial charge >= 0.3 is 0 Å². The predicted molar refractivity (Wildman–Crippen MR) is 74.8 cm³/mol. The second-order valence-electron chi connectivity index (χ2n) is 4.76. The van der Waals surface area contributed by atoms with Gasteiger partial charge in [0.25, 0.3) is 0 Å². The lowest BCUT2D eigenvalue weighted by Gasteiger charge is -2.30. The molecule has 1 N–H and O–H groups in total. The Hall–Kier alpha value is -0.610. The largest absolute Gasteiger partial charge is 0.361 e. The third-order valence-corrected chi connectivity index (χ3v) is 4.46. The van der Waals surface area contributed by atoms with Crippen LogP contribution in [0.25, 0.3) is 0 Å². The maximum Gasteiger partial charge on any atom is 0.182 e. The van der Waals surface area contributed by atoms with Gasteiger partial charge in [-0.3, -0.25) is 0 Å². The minimum Gasteiger partial charge on any atom is -0.361 e. The fourth-order valence-electron chi connectivity index (χ4n) is 2.29. The van der Waals surface area contributed by atoms with Crippen LogP contribution in [0.15, 0.2) is 5.38 Å². The van der Waals surface area contributed by atoms with Crippen molar-refractivity contribution in [2.24, 2.45) is 5.92 Å². The fraction of sp³-hybridized carbons (Fsp3) is 0.769. The number of likely N-dealkylation sites (tertiary alicyclic amines) is 1. The van der Waals surface area contributed by atoms with Crippen LogP contribution in [0.5, 0.6) is 0 Å². The fourth-order valence-corrected chi connectivity index (χ4v) is 3.09. The van der Waals surface area contributed by atoms with Crippen LogP contribution in [0.4, 0.5) is 5.13 Å². The van der Waals surface area contributed by atoms with Gasteiger partial charge in [0.2, 0.25) is 0 Å². The molecule has 1 saturated heterocycles. The number of aryl methyl sites for hydroxylation is 1. The zero-order valence-electron chi connectivity index (χ0n) is 10.9. The topological polar surface area (TPSA) is 28.2 Å². The van der Waals surface area contributed by atoms with Crippen molar-refractivity contribution < 1.29 is 0 Å². The molecule has 0 unspecified atom stereocenters.